The first kappa shape index (κ1) is 15.6. The number of nitrogens with one attached hydrogen (secondary N) is 1. The van der Waals surface area contributed by atoms with E-state index < -0.39 is 11.6 Å². The van der Waals surface area contributed by atoms with Crippen molar-refractivity contribution in [2.45, 2.75) is 26.8 Å². The lowest BCUT2D eigenvalue weighted by Gasteiger charge is -2.17. The number of hydrogen-bond donors (Lipinski definition) is 2. The van der Waals surface area contributed by atoms with Crippen molar-refractivity contribution in [3.05, 3.63) is 35.4 Å². The van der Waals surface area contributed by atoms with Crippen LogP contribution in [0.3, 0.4) is 0 Å². The fraction of sp³-hybridized carbons (Fsp3) is 0.500. The predicted octanol–water partition coefficient (Wildman–Crippen LogP) is 2.20. The van der Waals surface area contributed by atoms with E-state index in [1.165, 1.54) is 12.1 Å². The van der Waals surface area contributed by atoms with Crippen molar-refractivity contribution in [1.29, 1.82) is 0 Å². The molecular weight excluding hydrogens is 250 g/mol. The van der Waals surface area contributed by atoms with Gasteiger partial charge in [0.2, 0.25) is 5.91 Å². The van der Waals surface area contributed by atoms with Crippen molar-refractivity contribution in [2.75, 3.05) is 6.54 Å². The van der Waals surface area contributed by atoms with E-state index in [9.17, 15) is 13.6 Å². The van der Waals surface area contributed by atoms with Gasteiger partial charge in [-0.05, 0) is 18.4 Å². The van der Waals surface area contributed by atoms with Crippen LogP contribution in [0.5, 0.6) is 0 Å². The van der Waals surface area contributed by atoms with E-state index in [0.717, 1.165) is 6.07 Å². The molecule has 19 heavy (non-hydrogen) atoms. The van der Waals surface area contributed by atoms with E-state index >= 15 is 0 Å². The first-order chi connectivity index (χ1) is 8.93. The quantitative estimate of drug-likeness (QED) is 0.832. The highest BCUT2D eigenvalue weighted by molar-refractivity contribution is 5.78. The normalized spacial score (nSPS) is 12.5. The van der Waals surface area contributed by atoms with Gasteiger partial charge in [0, 0.05) is 24.7 Å². The third-order valence-electron chi connectivity index (χ3n) is 2.88. The molecule has 1 atom stereocenters. The van der Waals surface area contributed by atoms with Crippen LogP contribution in [0.25, 0.3) is 0 Å². The molecule has 0 aliphatic carbocycles. The van der Waals surface area contributed by atoms with Crippen molar-refractivity contribution in [3.8, 4) is 0 Å². The second-order valence-corrected chi connectivity index (χ2v) is 5.02. The average Bonchev–Trinajstić information content (AvgIpc) is 2.34. The molecule has 3 nitrogen and oxygen atoms in total. The van der Waals surface area contributed by atoms with Gasteiger partial charge in [0.05, 0.1) is 5.92 Å². The smallest absolute Gasteiger partial charge is 0.224 e. The number of carbonyl (C=O) groups excluding carboxylic acids is 1. The highest BCUT2D eigenvalue weighted by atomic mass is 19.1. The van der Waals surface area contributed by atoms with Crippen molar-refractivity contribution >= 4 is 5.91 Å². The zero-order chi connectivity index (χ0) is 14.4. The highest BCUT2D eigenvalue weighted by Gasteiger charge is 2.18. The van der Waals surface area contributed by atoms with Gasteiger partial charge in [-0.3, -0.25) is 4.79 Å². The molecule has 1 aromatic carbocycles. The molecule has 5 heteroatoms. The van der Waals surface area contributed by atoms with Gasteiger partial charge in [-0.2, -0.15) is 0 Å². The second kappa shape index (κ2) is 7.19. The second-order valence-electron chi connectivity index (χ2n) is 5.02. The number of halogens is 2. The van der Waals surface area contributed by atoms with Gasteiger partial charge in [-0.25, -0.2) is 8.78 Å². The zero-order valence-electron chi connectivity index (χ0n) is 11.2. The van der Waals surface area contributed by atoms with E-state index in [1.807, 2.05) is 13.8 Å². The Bertz CT molecular complexity index is 435. The van der Waals surface area contributed by atoms with Crippen molar-refractivity contribution in [2.24, 2.45) is 17.6 Å². The van der Waals surface area contributed by atoms with E-state index in [-0.39, 0.29) is 30.5 Å². The van der Waals surface area contributed by atoms with Crippen LogP contribution in [0.4, 0.5) is 8.78 Å². The SMILES string of the molecule is CC(C)CC(CN)C(=O)NCc1ccc(F)cc1F. The van der Waals surface area contributed by atoms with Crippen LogP contribution < -0.4 is 11.1 Å². The molecule has 0 aliphatic heterocycles. The Morgan fingerprint density at radius 3 is 2.58 bits per heavy atom. The van der Waals surface area contributed by atoms with Crippen molar-refractivity contribution < 1.29 is 13.6 Å². The first-order valence-electron chi connectivity index (χ1n) is 6.35. The number of carbonyl (C=O) groups is 1. The first-order valence-corrected chi connectivity index (χ1v) is 6.35. The summed E-state index contributed by atoms with van der Waals surface area (Å²) >= 11 is 0. The Morgan fingerprint density at radius 2 is 2.05 bits per heavy atom. The predicted molar refractivity (Wildman–Crippen MR) is 70.2 cm³/mol. The molecule has 0 radical (unpaired) electrons. The minimum atomic E-state index is -0.659. The molecule has 0 saturated heterocycles. The van der Waals surface area contributed by atoms with Crippen molar-refractivity contribution in [3.63, 3.8) is 0 Å². The lowest BCUT2D eigenvalue weighted by Crippen LogP contribution is -2.35. The van der Waals surface area contributed by atoms with Gasteiger partial charge in [-0.15, -0.1) is 0 Å². The zero-order valence-corrected chi connectivity index (χ0v) is 11.2. The molecule has 1 rings (SSSR count). The summed E-state index contributed by atoms with van der Waals surface area (Å²) in [4.78, 5) is 11.9. The highest BCUT2D eigenvalue weighted by Crippen LogP contribution is 2.12. The Kier molecular flexibility index (Phi) is 5.89. The van der Waals surface area contributed by atoms with Crippen LogP contribution in [0.15, 0.2) is 18.2 Å². The van der Waals surface area contributed by atoms with Gasteiger partial charge in [-0.1, -0.05) is 19.9 Å². The molecule has 0 saturated carbocycles. The summed E-state index contributed by atoms with van der Waals surface area (Å²) in [6.07, 6.45) is 0.689. The largest absolute Gasteiger partial charge is 0.352 e. The van der Waals surface area contributed by atoms with Gasteiger partial charge in [0.15, 0.2) is 0 Å². The Balaban J connectivity index is 2.57. The lowest BCUT2D eigenvalue weighted by atomic mass is 9.96. The number of rotatable bonds is 6. The van der Waals surface area contributed by atoms with Crippen LogP contribution in [0.2, 0.25) is 0 Å². The monoisotopic (exact) mass is 270 g/mol. The number of amides is 1. The molecular formula is C14H20F2N2O. The maximum atomic E-state index is 13.4. The molecule has 106 valence electrons. The van der Waals surface area contributed by atoms with Crippen molar-refractivity contribution in [1.82, 2.24) is 5.32 Å². The molecule has 0 spiro atoms. The van der Waals surface area contributed by atoms with E-state index in [4.69, 9.17) is 5.73 Å². The molecule has 1 amide bonds. The summed E-state index contributed by atoms with van der Waals surface area (Å²) in [5, 5.41) is 2.63. The summed E-state index contributed by atoms with van der Waals surface area (Å²) < 4.78 is 26.1. The van der Waals surface area contributed by atoms with Gasteiger partial charge < -0.3 is 11.1 Å². The number of nitrogens with two attached hydrogens (primary N) is 1. The summed E-state index contributed by atoms with van der Waals surface area (Å²) in [5.74, 6) is -1.40. The molecule has 1 aromatic rings. The lowest BCUT2D eigenvalue weighted by molar-refractivity contribution is -0.125. The van der Waals surface area contributed by atoms with Crippen LogP contribution in [0.1, 0.15) is 25.8 Å². The molecule has 0 bridgehead atoms. The van der Waals surface area contributed by atoms with Crippen LogP contribution in [-0.2, 0) is 11.3 Å². The Hall–Kier alpha value is -1.49. The van der Waals surface area contributed by atoms with E-state index in [2.05, 4.69) is 5.32 Å². The van der Waals surface area contributed by atoms with Gasteiger partial charge in [0.25, 0.3) is 0 Å². The molecule has 0 fully saturated rings. The molecule has 0 aromatic heterocycles. The average molecular weight is 270 g/mol. The summed E-state index contributed by atoms with van der Waals surface area (Å²) in [5.41, 5.74) is 5.82. The summed E-state index contributed by atoms with van der Waals surface area (Å²) in [6.45, 7) is 4.32. The maximum absolute atomic E-state index is 13.4. The fourth-order valence-electron chi connectivity index (χ4n) is 1.87. The van der Waals surface area contributed by atoms with Crippen LogP contribution in [-0.4, -0.2) is 12.5 Å². The topological polar surface area (TPSA) is 55.1 Å². The molecule has 1 unspecified atom stereocenters. The molecule has 0 heterocycles. The Labute approximate surface area is 112 Å². The third-order valence-corrected chi connectivity index (χ3v) is 2.88. The Morgan fingerprint density at radius 1 is 1.37 bits per heavy atom. The maximum Gasteiger partial charge on any atom is 0.224 e. The minimum absolute atomic E-state index is 0.0412. The summed E-state index contributed by atoms with van der Waals surface area (Å²) in [7, 11) is 0. The minimum Gasteiger partial charge on any atom is -0.352 e. The van der Waals surface area contributed by atoms with E-state index in [1.54, 1.807) is 0 Å². The summed E-state index contributed by atoms with van der Waals surface area (Å²) in [6, 6.07) is 3.29. The number of hydrogen-bond acceptors (Lipinski definition) is 2. The third kappa shape index (κ3) is 4.95. The number of benzene rings is 1. The molecule has 0 aliphatic rings. The van der Waals surface area contributed by atoms with Gasteiger partial charge in [0.1, 0.15) is 11.6 Å². The van der Waals surface area contributed by atoms with E-state index in [0.29, 0.717) is 12.3 Å². The van der Waals surface area contributed by atoms with Gasteiger partial charge >= 0.3 is 0 Å². The van der Waals surface area contributed by atoms with Crippen LogP contribution in [0, 0.1) is 23.5 Å². The molecule has 3 N–H and O–H groups in total. The standard InChI is InChI=1S/C14H20F2N2O/c1-9(2)5-11(7-17)14(19)18-8-10-3-4-12(15)6-13(10)16/h3-4,6,9,11H,5,7-8,17H2,1-2H3,(H,18,19). The fourth-order valence-corrected chi connectivity index (χ4v) is 1.87. The van der Waals surface area contributed by atoms with Crippen LogP contribution >= 0.6 is 0 Å².